The van der Waals surface area contributed by atoms with Gasteiger partial charge in [-0.05, 0) is 24.3 Å². The van der Waals surface area contributed by atoms with E-state index >= 15 is 0 Å². The zero-order chi connectivity index (χ0) is 22.0. The molecule has 0 bridgehead atoms. The van der Waals surface area contributed by atoms with Gasteiger partial charge in [0.2, 0.25) is 23.5 Å². The van der Waals surface area contributed by atoms with Crippen LogP contribution in [0.1, 0.15) is 12.3 Å². The summed E-state index contributed by atoms with van der Waals surface area (Å²) in [5.41, 5.74) is 1.91. The van der Waals surface area contributed by atoms with E-state index in [1.807, 2.05) is 24.3 Å². The number of carbonyl (C=O) groups excluding carboxylic acids is 2. The second-order valence-electron chi connectivity index (χ2n) is 7.15. The topological polar surface area (TPSA) is 107 Å². The highest BCUT2D eigenvalue weighted by atomic mass is 16.5. The van der Waals surface area contributed by atoms with Crippen molar-refractivity contribution in [3.63, 3.8) is 0 Å². The highest BCUT2D eigenvalue weighted by molar-refractivity contribution is 6.04. The van der Waals surface area contributed by atoms with Gasteiger partial charge in [-0.15, -0.1) is 0 Å². The van der Waals surface area contributed by atoms with Crippen molar-refractivity contribution in [1.82, 2.24) is 10.1 Å². The summed E-state index contributed by atoms with van der Waals surface area (Å²) in [5.74, 6) is 1.13. The Morgan fingerprint density at radius 2 is 2.03 bits per heavy atom. The lowest BCUT2D eigenvalue weighted by Crippen LogP contribution is -2.28. The molecule has 1 aromatic heterocycles. The van der Waals surface area contributed by atoms with Crippen molar-refractivity contribution in [3.05, 3.63) is 48.4 Å². The van der Waals surface area contributed by atoms with Crippen LogP contribution in [0.3, 0.4) is 0 Å². The predicted octanol–water partition coefficient (Wildman–Crippen LogP) is 3.05. The largest absolute Gasteiger partial charge is 0.497 e. The van der Waals surface area contributed by atoms with Gasteiger partial charge < -0.3 is 24.2 Å². The molecular weight excluding hydrogens is 400 g/mol. The molecule has 9 heteroatoms. The summed E-state index contributed by atoms with van der Waals surface area (Å²) in [4.78, 5) is 31.4. The standard InChI is InChI=1S/C22H22N4O5/c1-13-23-21(25-31-13)14-5-4-6-16(9-14)26-12-15(10-20(26)27)22(28)24-18-11-17(29-2)7-8-19(18)30-3/h4-9,11,15H,10,12H2,1-3H3,(H,24,28)/t15-/m1/s1. The Labute approximate surface area is 179 Å². The Balaban J connectivity index is 1.50. The van der Waals surface area contributed by atoms with Gasteiger partial charge in [-0.2, -0.15) is 4.98 Å². The summed E-state index contributed by atoms with van der Waals surface area (Å²) < 4.78 is 15.6. The minimum atomic E-state index is -0.500. The third-order valence-electron chi connectivity index (χ3n) is 5.10. The fourth-order valence-corrected chi connectivity index (χ4v) is 3.51. The van der Waals surface area contributed by atoms with Gasteiger partial charge in [-0.3, -0.25) is 9.59 Å². The third kappa shape index (κ3) is 4.20. The Kier molecular flexibility index (Phi) is 5.57. The van der Waals surface area contributed by atoms with Crippen LogP contribution in [0, 0.1) is 12.8 Å². The van der Waals surface area contributed by atoms with Crippen molar-refractivity contribution in [1.29, 1.82) is 0 Å². The molecule has 2 heterocycles. The number of nitrogens with zero attached hydrogens (tertiary/aromatic N) is 3. The molecule has 0 radical (unpaired) electrons. The summed E-state index contributed by atoms with van der Waals surface area (Å²) in [7, 11) is 3.07. The van der Waals surface area contributed by atoms with Crippen LogP contribution in [0.15, 0.2) is 47.0 Å². The molecule has 1 aliphatic rings. The smallest absolute Gasteiger partial charge is 0.229 e. The average molecular weight is 422 g/mol. The quantitative estimate of drug-likeness (QED) is 0.651. The molecule has 0 spiro atoms. The second-order valence-corrected chi connectivity index (χ2v) is 7.15. The number of aromatic nitrogens is 2. The van der Waals surface area contributed by atoms with Crippen LogP contribution in [0.4, 0.5) is 11.4 Å². The van der Waals surface area contributed by atoms with Crippen LogP contribution < -0.4 is 19.7 Å². The number of hydrogen-bond donors (Lipinski definition) is 1. The van der Waals surface area contributed by atoms with Gasteiger partial charge in [0, 0.05) is 37.2 Å². The van der Waals surface area contributed by atoms with Crippen molar-refractivity contribution in [2.24, 2.45) is 5.92 Å². The zero-order valence-corrected chi connectivity index (χ0v) is 17.4. The van der Waals surface area contributed by atoms with E-state index in [0.717, 1.165) is 5.56 Å². The van der Waals surface area contributed by atoms with Gasteiger partial charge in [-0.25, -0.2) is 0 Å². The van der Waals surface area contributed by atoms with E-state index < -0.39 is 5.92 Å². The first-order valence-corrected chi connectivity index (χ1v) is 9.72. The van der Waals surface area contributed by atoms with E-state index in [-0.39, 0.29) is 24.8 Å². The number of amides is 2. The monoisotopic (exact) mass is 422 g/mol. The molecule has 1 atom stereocenters. The van der Waals surface area contributed by atoms with Crippen LogP contribution in [0.25, 0.3) is 11.4 Å². The molecule has 160 valence electrons. The molecule has 3 aromatic rings. The van der Waals surface area contributed by atoms with Gasteiger partial charge in [-0.1, -0.05) is 17.3 Å². The summed E-state index contributed by atoms with van der Waals surface area (Å²) in [6.45, 7) is 1.98. The van der Waals surface area contributed by atoms with Crippen molar-refractivity contribution >= 4 is 23.2 Å². The van der Waals surface area contributed by atoms with Gasteiger partial charge in [0.25, 0.3) is 0 Å². The molecule has 2 amide bonds. The van der Waals surface area contributed by atoms with Crippen molar-refractivity contribution in [3.8, 4) is 22.9 Å². The second kappa shape index (κ2) is 8.47. The van der Waals surface area contributed by atoms with E-state index in [4.69, 9.17) is 14.0 Å². The molecule has 1 N–H and O–H groups in total. The maximum Gasteiger partial charge on any atom is 0.229 e. The number of benzene rings is 2. The lowest BCUT2D eigenvalue weighted by Gasteiger charge is -2.18. The van der Waals surface area contributed by atoms with Crippen molar-refractivity contribution in [2.45, 2.75) is 13.3 Å². The molecule has 9 nitrogen and oxygen atoms in total. The number of nitrogens with one attached hydrogen (secondary N) is 1. The third-order valence-corrected chi connectivity index (χ3v) is 5.10. The summed E-state index contributed by atoms with van der Waals surface area (Å²) >= 11 is 0. The van der Waals surface area contributed by atoms with E-state index in [1.54, 1.807) is 37.1 Å². The summed E-state index contributed by atoms with van der Waals surface area (Å²) in [6.07, 6.45) is 0.115. The molecule has 1 fully saturated rings. The molecular formula is C22H22N4O5. The Morgan fingerprint density at radius 3 is 2.74 bits per heavy atom. The number of hydrogen-bond acceptors (Lipinski definition) is 7. The van der Waals surface area contributed by atoms with Crippen molar-refractivity contribution in [2.75, 3.05) is 31.0 Å². The Bertz CT molecular complexity index is 1130. The molecule has 2 aromatic carbocycles. The number of carbonyl (C=O) groups is 2. The van der Waals surface area contributed by atoms with Crippen molar-refractivity contribution < 1.29 is 23.6 Å². The molecule has 4 rings (SSSR count). The first kappa shape index (κ1) is 20.4. The maximum atomic E-state index is 12.9. The van der Waals surface area contributed by atoms with Gasteiger partial charge in [0.05, 0.1) is 25.8 Å². The number of anilines is 2. The predicted molar refractivity (Wildman–Crippen MR) is 113 cm³/mol. The van der Waals surface area contributed by atoms with Crippen LogP contribution in [-0.4, -0.2) is 42.7 Å². The molecule has 31 heavy (non-hydrogen) atoms. The van der Waals surface area contributed by atoms with E-state index in [2.05, 4.69) is 15.5 Å². The highest BCUT2D eigenvalue weighted by Gasteiger charge is 2.35. The zero-order valence-electron chi connectivity index (χ0n) is 17.4. The van der Waals surface area contributed by atoms with E-state index in [1.165, 1.54) is 7.11 Å². The first-order chi connectivity index (χ1) is 15.0. The molecule has 0 saturated carbocycles. The van der Waals surface area contributed by atoms with Gasteiger partial charge in [0.1, 0.15) is 11.5 Å². The SMILES string of the molecule is COc1ccc(OC)c(NC(=O)[C@@H]2CC(=O)N(c3cccc(-c4noc(C)n4)c3)C2)c1. The van der Waals surface area contributed by atoms with Crippen LogP contribution >= 0.6 is 0 Å². The van der Waals surface area contributed by atoms with Crippen LogP contribution in [-0.2, 0) is 9.59 Å². The number of aryl methyl sites for hydroxylation is 1. The molecule has 1 saturated heterocycles. The molecule has 1 aliphatic heterocycles. The Morgan fingerprint density at radius 1 is 1.19 bits per heavy atom. The fourth-order valence-electron chi connectivity index (χ4n) is 3.51. The van der Waals surface area contributed by atoms with Crippen LogP contribution in [0.5, 0.6) is 11.5 Å². The Hall–Kier alpha value is -3.88. The summed E-state index contributed by atoms with van der Waals surface area (Å²) in [6, 6.07) is 12.4. The van der Waals surface area contributed by atoms with Crippen LogP contribution in [0.2, 0.25) is 0 Å². The normalized spacial score (nSPS) is 15.8. The minimum Gasteiger partial charge on any atom is -0.497 e. The number of ether oxygens (including phenoxy) is 2. The first-order valence-electron chi connectivity index (χ1n) is 9.72. The lowest BCUT2D eigenvalue weighted by molar-refractivity contribution is -0.122. The van der Waals surface area contributed by atoms with Gasteiger partial charge >= 0.3 is 0 Å². The minimum absolute atomic E-state index is 0.115. The highest BCUT2D eigenvalue weighted by Crippen LogP contribution is 2.32. The molecule has 0 aliphatic carbocycles. The van der Waals surface area contributed by atoms with E-state index in [0.29, 0.717) is 34.6 Å². The van der Waals surface area contributed by atoms with Gasteiger partial charge in [0.15, 0.2) is 0 Å². The summed E-state index contributed by atoms with van der Waals surface area (Å²) in [5, 5.41) is 6.77. The maximum absolute atomic E-state index is 12.9. The lowest BCUT2D eigenvalue weighted by atomic mass is 10.1. The molecule has 0 unspecified atom stereocenters. The number of rotatable bonds is 6. The van der Waals surface area contributed by atoms with E-state index in [9.17, 15) is 9.59 Å². The number of methoxy groups -OCH3 is 2. The fraction of sp³-hybridized carbons (Fsp3) is 0.273. The average Bonchev–Trinajstić information content (AvgIpc) is 3.39.